The number of fused-ring (bicyclic) bond motifs is 2. The fourth-order valence-corrected chi connectivity index (χ4v) is 5.04. The van der Waals surface area contributed by atoms with Gasteiger partial charge in [-0.1, -0.05) is 83.9 Å². The quantitative estimate of drug-likeness (QED) is 0.260. The van der Waals surface area contributed by atoms with Crippen molar-refractivity contribution in [3.8, 4) is 11.1 Å². The Balaban J connectivity index is 1.45. The van der Waals surface area contributed by atoms with Crippen LogP contribution >= 0.6 is 0 Å². The highest BCUT2D eigenvalue weighted by molar-refractivity contribution is 5.93. The van der Waals surface area contributed by atoms with Crippen LogP contribution in [-0.2, 0) is 0 Å². The van der Waals surface area contributed by atoms with Crippen LogP contribution in [0.4, 0.5) is 17.1 Å². The molecule has 3 nitrogen and oxygen atoms in total. The maximum Gasteiger partial charge on any atom is 0.335 e. The van der Waals surface area contributed by atoms with Gasteiger partial charge in [-0.2, -0.15) is 0 Å². The van der Waals surface area contributed by atoms with E-state index in [1.54, 1.807) is 12.1 Å². The van der Waals surface area contributed by atoms with Crippen molar-refractivity contribution >= 4 is 44.6 Å². The van der Waals surface area contributed by atoms with Gasteiger partial charge in [0.05, 0.1) is 5.56 Å². The second-order valence-corrected chi connectivity index (χ2v) is 9.83. The van der Waals surface area contributed by atoms with E-state index in [-0.39, 0.29) is 5.56 Å². The van der Waals surface area contributed by atoms with E-state index >= 15 is 0 Å². The molecular formula is C35H27NO2. The summed E-state index contributed by atoms with van der Waals surface area (Å²) in [5, 5.41) is 14.1. The molecule has 0 aromatic heterocycles. The summed E-state index contributed by atoms with van der Waals surface area (Å²) in [6.45, 7) is 4.24. The topological polar surface area (TPSA) is 40.5 Å². The Morgan fingerprint density at radius 3 is 1.37 bits per heavy atom. The summed E-state index contributed by atoms with van der Waals surface area (Å²) in [5.41, 5.74) is 8.03. The molecule has 0 amide bonds. The first-order valence-corrected chi connectivity index (χ1v) is 12.7. The number of rotatable bonds is 5. The third-order valence-corrected chi connectivity index (χ3v) is 7.07. The van der Waals surface area contributed by atoms with E-state index < -0.39 is 5.97 Å². The minimum Gasteiger partial charge on any atom is -0.478 e. The average Bonchev–Trinajstić information content (AvgIpc) is 2.94. The van der Waals surface area contributed by atoms with E-state index in [0.717, 1.165) is 28.2 Å². The van der Waals surface area contributed by atoms with Crippen molar-refractivity contribution in [3.63, 3.8) is 0 Å². The van der Waals surface area contributed by atoms with E-state index in [1.807, 2.05) is 12.1 Å². The highest BCUT2D eigenvalue weighted by Gasteiger charge is 2.14. The number of aromatic carboxylic acids is 1. The fraction of sp³-hybridized carbons (Fsp3) is 0.0571. The largest absolute Gasteiger partial charge is 0.478 e. The van der Waals surface area contributed by atoms with Crippen LogP contribution in [0.3, 0.4) is 0 Å². The third kappa shape index (κ3) is 4.51. The fourth-order valence-electron chi connectivity index (χ4n) is 5.04. The lowest BCUT2D eigenvalue weighted by Crippen LogP contribution is -2.10. The molecule has 0 atom stereocenters. The zero-order chi connectivity index (χ0) is 26.2. The standard InChI is InChI=1S/C35H27NO2/c1-23-3-5-30-21-33(17-13-28(30)19-23)36(34-18-14-29-20-24(2)4-6-31(29)22-34)32-15-11-26(12-16-32)25-7-9-27(10-8-25)35(37)38/h3-22H,1-2H3,(H,37,38). The van der Waals surface area contributed by atoms with Gasteiger partial charge in [-0.05, 0) is 95.1 Å². The second-order valence-electron chi connectivity index (χ2n) is 9.83. The van der Waals surface area contributed by atoms with Crippen LogP contribution in [0.15, 0.2) is 121 Å². The van der Waals surface area contributed by atoms with Gasteiger partial charge >= 0.3 is 5.97 Å². The first kappa shape index (κ1) is 23.5. The summed E-state index contributed by atoms with van der Waals surface area (Å²) in [5.74, 6) is -0.918. The number of benzene rings is 6. The van der Waals surface area contributed by atoms with E-state index in [0.29, 0.717) is 0 Å². The SMILES string of the molecule is Cc1ccc2cc(N(c3ccc(-c4ccc(C(=O)O)cc4)cc3)c3ccc4cc(C)ccc4c3)ccc2c1. The number of carboxylic acid groups (broad SMARTS) is 1. The molecule has 0 aliphatic carbocycles. The molecule has 0 radical (unpaired) electrons. The number of anilines is 3. The summed E-state index contributed by atoms with van der Waals surface area (Å²) < 4.78 is 0. The molecule has 38 heavy (non-hydrogen) atoms. The number of nitrogens with zero attached hydrogens (tertiary/aromatic N) is 1. The normalized spacial score (nSPS) is 11.1. The van der Waals surface area contributed by atoms with Gasteiger partial charge in [-0.25, -0.2) is 4.79 Å². The molecule has 0 aliphatic rings. The van der Waals surface area contributed by atoms with Gasteiger partial charge in [0.15, 0.2) is 0 Å². The van der Waals surface area contributed by atoms with Crippen LogP contribution in [-0.4, -0.2) is 11.1 Å². The Kier molecular flexibility index (Phi) is 5.89. The molecule has 0 aliphatic heterocycles. The lowest BCUT2D eigenvalue weighted by molar-refractivity contribution is 0.0697. The molecule has 0 unspecified atom stereocenters. The van der Waals surface area contributed by atoms with Gasteiger partial charge in [0.2, 0.25) is 0 Å². The second kappa shape index (κ2) is 9.53. The lowest BCUT2D eigenvalue weighted by atomic mass is 10.0. The van der Waals surface area contributed by atoms with Gasteiger partial charge in [0, 0.05) is 17.1 Å². The van der Waals surface area contributed by atoms with Crippen LogP contribution in [0.1, 0.15) is 21.5 Å². The first-order valence-electron chi connectivity index (χ1n) is 12.7. The zero-order valence-electron chi connectivity index (χ0n) is 21.3. The Bertz CT molecular complexity index is 1720. The molecule has 0 saturated carbocycles. The van der Waals surface area contributed by atoms with E-state index in [2.05, 4.69) is 116 Å². The molecule has 1 N–H and O–H groups in total. The van der Waals surface area contributed by atoms with Crippen LogP contribution in [0.25, 0.3) is 32.7 Å². The highest BCUT2D eigenvalue weighted by atomic mass is 16.4. The third-order valence-electron chi connectivity index (χ3n) is 7.07. The maximum atomic E-state index is 11.2. The Labute approximate surface area is 222 Å². The molecule has 184 valence electrons. The van der Waals surface area contributed by atoms with E-state index in [1.165, 1.54) is 32.7 Å². The molecule has 3 heteroatoms. The molecule has 0 fully saturated rings. The molecule has 0 bridgehead atoms. The van der Waals surface area contributed by atoms with Crippen molar-refractivity contribution in [2.45, 2.75) is 13.8 Å². The number of carboxylic acids is 1. The average molecular weight is 494 g/mol. The van der Waals surface area contributed by atoms with Gasteiger partial charge < -0.3 is 10.0 Å². The monoisotopic (exact) mass is 493 g/mol. The number of hydrogen-bond acceptors (Lipinski definition) is 2. The zero-order valence-corrected chi connectivity index (χ0v) is 21.3. The summed E-state index contributed by atoms with van der Waals surface area (Å²) in [7, 11) is 0. The van der Waals surface area contributed by atoms with Crippen molar-refractivity contribution in [1.29, 1.82) is 0 Å². The number of carbonyl (C=O) groups is 1. The Morgan fingerprint density at radius 2 is 0.895 bits per heavy atom. The summed E-state index contributed by atoms with van der Waals surface area (Å²) in [6.07, 6.45) is 0. The summed E-state index contributed by atoms with van der Waals surface area (Å²) in [4.78, 5) is 13.5. The van der Waals surface area contributed by atoms with Crippen LogP contribution in [0.2, 0.25) is 0 Å². The smallest absolute Gasteiger partial charge is 0.335 e. The molecule has 0 saturated heterocycles. The van der Waals surface area contributed by atoms with Crippen molar-refractivity contribution in [1.82, 2.24) is 0 Å². The van der Waals surface area contributed by atoms with Gasteiger partial charge in [-0.3, -0.25) is 0 Å². The number of hydrogen-bond donors (Lipinski definition) is 1. The van der Waals surface area contributed by atoms with Gasteiger partial charge in [-0.15, -0.1) is 0 Å². The predicted octanol–water partition coefficient (Wildman–Crippen LogP) is 9.44. The molecule has 6 aromatic rings. The molecule has 6 rings (SSSR count). The van der Waals surface area contributed by atoms with E-state index in [9.17, 15) is 9.90 Å². The van der Waals surface area contributed by atoms with Crippen LogP contribution < -0.4 is 4.90 Å². The van der Waals surface area contributed by atoms with Crippen molar-refractivity contribution in [2.75, 3.05) is 4.90 Å². The predicted molar refractivity (Wildman–Crippen MR) is 158 cm³/mol. The van der Waals surface area contributed by atoms with Crippen LogP contribution in [0, 0.1) is 13.8 Å². The Hall–Kier alpha value is -4.89. The minimum absolute atomic E-state index is 0.287. The van der Waals surface area contributed by atoms with Crippen LogP contribution in [0.5, 0.6) is 0 Å². The van der Waals surface area contributed by atoms with E-state index in [4.69, 9.17) is 0 Å². The molecule has 6 aromatic carbocycles. The molecule has 0 heterocycles. The van der Waals surface area contributed by atoms with Gasteiger partial charge in [0.25, 0.3) is 0 Å². The molecular weight excluding hydrogens is 466 g/mol. The Morgan fingerprint density at radius 1 is 0.500 bits per heavy atom. The highest BCUT2D eigenvalue weighted by Crippen LogP contribution is 2.38. The summed E-state index contributed by atoms with van der Waals surface area (Å²) in [6, 6.07) is 41.7. The first-order chi connectivity index (χ1) is 18.4. The van der Waals surface area contributed by atoms with Crippen molar-refractivity contribution < 1.29 is 9.90 Å². The lowest BCUT2D eigenvalue weighted by Gasteiger charge is -2.26. The molecule has 0 spiro atoms. The summed E-state index contributed by atoms with van der Waals surface area (Å²) >= 11 is 0. The maximum absolute atomic E-state index is 11.2. The van der Waals surface area contributed by atoms with Gasteiger partial charge in [0.1, 0.15) is 0 Å². The minimum atomic E-state index is -0.918. The number of aryl methyl sites for hydroxylation is 2. The van der Waals surface area contributed by atoms with Crippen molar-refractivity contribution in [2.24, 2.45) is 0 Å². The van der Waals surface area contributed by atoms with Crippen molar-refractivity contribution in [3.05, 3.63) is 138 Å².